The van der Waals surface area contributed by atoms with Gasteiger partial charge in [-0.25, -0.2) is 14.8 Å². The zero-order valence-electron chi connectivity index (χ0n) is 51.5. The third kappa shape index (κ3) is 29.9. The van der Waals surface area contributed by atoms with Gasteiger partial charge < -0.3 is 89.5 Å². The molecule has 36 nitrogen and oxygen atoms in total. The lowest BCUT2D eigenvalue weighted by Crippen LogP contribution is -2.53. The van der Waals surface area contributed by atoms with Crippen molar-refractivity contribution < 1.29 is 83.4 Å². The van der Waals surface area contributed by atoms with Crippen molar-refractivity contribution in [2.45, 2.75) is 70.1 Å². The van der Waals surface area contributed by atoms with Crippen LogP contribution in [0.3, 0.4) is 0 Å². The second-order valence-electron chi connectivity index (χ2n) is 21.4. The van der Waals surface area contributed by atoms with Crippen molar-refractivity contribution in [3.05, 3.63) is 81.9 Å². The van der Waals surface area contributed by atoms with E-state index in [0.29, 0.717) is 22.6 Å². The predicted octanol–water partition coefficient (Wildman–Crippen LogP) is -3.62. The van der Waals surface area contributed by atoms with Gasteiger partial charge in [0.2, 0.25) is 29.6 Å². The van der Waals surface area contributed by atoms with Crippen LogP contribution in [0.25, 0.3) is 11.2 Å². The van der Waals surface area contributed by atoms with Crippen LogP contribution in [-0.2, 0) is 60.9 Å². The van der Waals surface area contributed by atoms with E-state index < -0.39 is 110 Å². The molecule has 0 radical (unpaired) electrons. The molecule has 2 aromatic heterocycles. The summed E-state index contributed by atoms with van der Waals surface area (Å²) in [5, 5.41) is 80.0. The summed E-state index contributed by atoms with van der Waals surface area (Å²) in [7, 11) is 0. The van der Waals surface area contributed by atoms with Gasteiger partial charge in [0.05, 0.1) is 51.2 Å². The lowest BCUT2D eigenvalue weighted by molar-refractivity contribution is -0.144. The van der Waals surface area contributed by atoms with Crippen LogP contribution < -0.4 is 59.6 Å². The Morgan fingerprint density at radius 1 is 0.606 bits per heavy atom. The minimum absolute atomic E-state index is 0.00119. The number of anilines is 3. The van der Waals surface area contributed by atoms with Gasteiger partial charge in [0.25, 0.3) is 11.5 Å². The van der Waals surface area contributed by atoms with Crippen LogP contribution in [0.2, 0.25) is 0 Å². The van der Waals surface area contributed by atoms with Crippen molar-refractivity contribution in [1.29, 1.82) is 0 Å². The van der Waals surface area contributed by atoms with Crippen molar-refractivity contribution in [3.8, 4) is 0 Å². The quantitative estimate of drug-likeness (QED) is 0.0150. The highest BCUT2D eigenvalue weighted by Gasteiger charge is 2.30. The first-order valence-electron chi connectivity index (χ1n) is 29.5. The molecule has 0 spiro atoms. The predicted molar refractivity (Wildman–Crippen MR) is 341 cm³/mol. The molecular weight excluding hydrogens is 1260 g/mol. The van der Waals surface area contributed by atoms with Gasteiger partial charge in [-0.05, 0) is 73.9 Å². The average Bonchev–Trinajstić information content (AvgIpc) is 0.836. The normalized spacial score (nSPS) is 12.1. The summed E-state index contributed by atoms with van der Waals surface area (Å²) in [6.45, 7) is -0.734. The highest BCUT2D eigenvalue weighted by Crippen LogP contribution is 2.17. The number of aliphatic carboxylic acids is 6. The first kappa shape index (κ1) is 76.4. The fraction of sp³-hybridized carbons (Fsp3) is 0.474. The smallest absolute Gasteiger partial charge is 0.326 e. The Kier molecular flexibility index (Phi) is 32.5. The molecular formula is C57H80N18O18S. The minimum atomic E-state index is -1.41. The fourth-order valence-electron chi connectivity index (χ4n) is 9.26. The standard InChI is InChI=1S/C57H80N18O18S/c1-34(74(30-47(82)83)31-48(84)85)27-73(29-46(80)81)28-40(75(32-49(86)87)33-50(88)89)24-35-2-6-38(7-3-35)68-57(94)64-20-19-63-45(79)14-23-72(21-12-43(77)60-16-15-58)22-13-44(78)62-18-17-61-42(76)11-10-41(55(92)93)69-53(90)36-4-8-37(9-5-36)65-25-39-26-66-52-51(67-39)54(91)71-56(59)70-52/h2-9,26,34,40-41,65H,10-25,27-33,58H2,1H3,(H,60,77)(H,61,76)(H,62,78)(H,63,79)(H,69,90)(H,80,81)(H,82,83)(H,84,85)(H,86,87)(H,88,89)(H,92,93)(H2,64,68,94)(H3,59,66,70,71,91)/t34?,40?,41-/m0/s1. The first-order chi connectivity index (χ1) is 44.7. The number of carbonyl (C=O) groups is 11. The summed E-state index contributed by atoms with van der Waals surface area (Å²) in [4.78, 5) is 167. The third-order valence-corrected chi connectivity index (χ3v) is 14.1. The molecule has 0 saturated carbocycles. The number of hydrogen-bond donors (Lipinski definition) is 17. The molecule has 37 heteroatoms. The van der Waals surface area contributed by atoms with Crippen molar-refractivity contribution in [2.75, 3.05) is 121 Å². The number of aromatic nitrogens is 4. The second-order valence-corrected chi connectivity index (χ2v) is 21.8. The van der Waals surface area contributed by atoms with Gasteiger partial charge in [-0.3, -0.25) is 72.4 Å². The van der Waals surface area contributed by atoms with Crippen molar-refractivity contribution in [2.24, 2.45) is 5.73 Å². The molecule has 19 N–H and O–H groups in total. The molecule has 5 amide bonds. The number of benzene rings is 2. The van der Waals surface area contributed by atoms with Crippen molar-refractivity contribution in [3.63, 3.8) is 0 Å². The van der Waals surface area contributed by atoms with Gasteiger partial charge in [0.15, 0.2) is 16.3 Å². The number of rotatable bonds is 45. The van der Waals surface area contributed by atoms with Gasteiger partial charge in [-0.15, -0.1) is 0 Å². The lowest BCUT2D eigenvalue weighted by atomic mass is 10.0. The number of nitrogens with two attached hydrogens (primary N) is 2. The maximum atomic E-state index is 13.0. The summed E-state index contributed by atoms with van der Waals surface area (Å²) < 4.78 is 0. The Morgan fingerprint density at radius 2 is 1.11 bits per heavy atom. The largest absolute Gasteiger partial charge is 0.480 e. The molecule has 4 aromatic rings. The molecule has 0 aliphatic carbocycles. The van der Waals surface area contributed by atoms with E-state index >= 15 is 0 Å². The number of carboxylic acids is 6. The van der Waals surface area contributed by atoms with Crippen LogP contribution in [0.1, 0.15) is 60.6 Å². The number of thiocarbonyl (C=S) groups is 1. The lowest BCUT2D eigenvalue weighted by Gasteiger charge is -2.36. The monoisotopic (exact) mass is 1340 g/mol. The molecule has 2 heterocycles. The molecule has 0 bridgehead atoms. The van der Waals surface area contributed by atoms with Gasteiger partial charge in [0, 0.05) is 127 Å². The third-order valence-electron chi connectivity index (χ3n) is 13.8. The number of amides is 5. The number of nitrogen functional groups attached to an aromatic ring is 1. The molecule has 0 saturated heterocycles. The number of carboxylic acid groups (broad SMARTS) is 6. The fourth-order valence-corrected chi connectivity index (χ4v) is 9.48. The highest BCUT2D eigenvalue weighted by molar-refractivity contribution is 7.80. The van der Waals surface area contributed by atoms with E-state index in [1.54, 1.807) is 41.3 Å². The number of aromatic amines is 1. The number of carbonyl (C=O) groups excluding carboxylic acids is 5. The maximum absolute atomic E-state index is 13.0. The summed E-state index contributed by atoms with van der Waals surface area (Å²) in [5.41, 5.74) is 12.8. The zero-order chi connectivity index (χ0) is 69.3. The first-order valence-corrected chi connectivity index (χ1v) is 29.9. The Hall–Kier alpha value is -10.1. The van der Waals surface area contributed by atoms with Crippen molar-refractivity contribution >= 4 is 111 Å². The Bertz CT molecular complexity index is 3300. The highest BCUT2D eigenvalue weighted by atomic mass is 32.1. The van der Waals surface area contributed by atoms with E-state index in [-0.39, 0.29) is 157 Å². The second kappa shape index (κ2) is 40.0. The summed E-state index contributed by atoms with van der Waals surface area (Å²) in [5.74, 6) is -10.3. The van der Waals surface area contributed by atoms with Gasteiger partial charge >= 0.3 is 35.8 Å². The molecule has 0 aliphatic rings. The molecule has 2 aromatic carbocycles. The van der Waals surface area contributed by atoms with E-state index in [0.717, 1.165) is 9.80 Å². The van der Waals surface area contributed by atoms with E-state index in [1.807, 2.05) is 0 Å². The number of fused-ring (bicyclic) bond motifs is 1. The summed E-state index contributed by atoms with van der Waals surface area (Å²) in [6.07, 6.45) is 0.961. The van der Waals surface area contributed by atoms with Gasteiger partial charge in [-0.2, -0.15) is 4.98 Å². The molecule has 0 aliphatic heterocycles. The van der Waals surface area contributed by atoms with Crippen LogP contribution in [-0.4, -0.2) is 263 Å². The summed E-state index contributed by atoms with van der Waals surface area (Å²) >= 11 is 5.43. The number of H-pyrrole nitrogens is 1. The van der Waals surface area contributed by atoms with Crippen LogP contribution in [0.15, 0.2) is 59.5 Å². The maximum Gasteiger partial charge on any atom is 0.326 e. The molecule has 0 fully saturated rings. The SMILES string of the molecule is CC(CN(CC(=O)O)CC(Cc1ccc(NC(=S)NCCNC(=O)CCN(CCC(=O)NCCN)CCC(=O)NCCNC(=O)CC[C@H](NC(=O)c2ccc(NCc3cnc4nc(N)[nH]c(=O)c4n3)cc2)C(=O)O)cc1)N(CC(=O)O)CC(=O)O)N(CC(=O)O)CC(=O)O. The van der Waals surface area contributed by atoms with Crippen LogP contribution in [0.4, 0.5) is 17.3 Å². The van der Waals surface area contributed by atoms with E-state index in [2.05, 4.69) is 62.5 Å². The van der Waals surface area contributed by atoms with Crippen LogP contribution in [0.5, 0.6) is 0 Å². The Labute approximate surface area is 543 Å². The molecule has 512 valence electrons. The number of nitrogens with zero attached hydrogens (tertiary/aromatic N) is 7. The van der Waals surface area contributed by atoms with E-state index in [4.69, 9.17) is 23.7 Å². The van der Waals surface area contributed by atoms with Gasteiger partial charge in [-0.1, -0.05) is 12.1 Å². The molecule has 4 rings (SSSR count). The summed E-state index contributed by atoms with van der Waals surface area (Å²) in [6, 6.07) is 9.54. The van der Waals surface area contributed by atoms with E-state index in [1.165, 1.54) is 30.2 Å². The van der Waals surface area contributed by atoms with Gasteiger partial charge in [0.1, 0.15) is 6.04 Å². The Morgan fingerprint density at radius 3 is 1.63 bits per heavy atom. The Balaban J connectivity index is 1.19. The molecule has 3 atom stereocenters. The topological polar surface area (TPSA) is 542 Å². The van der Waals surface area contributed by atoms with Crippen molar-refractivity contribution in [1.82, 2.24) is 71.4 Å². The molecule has 2 unspecified atom stereocenters. The van der Waals surface area contributed by atoms with E-state index in [9.17, 15) is 88.2 Å². The molecule has 94 heavy (non-hydrogen) atoms. The number of nitrogens with one attached hydrogen (secondary N) is 9. The zero-order valence-corrected chi connectivity index (χ0v) is 52.3. The number of hydrogen-bond acceptors (Lipinski definition) is 23. The van der Waals surface area contributed by atoms with Crippen LogP contribution >= 0.6 is 12.2 Å². The minimum Gasteiger partial charge on any atom is -0.480 e. The average molecular weight is 1340 g/mol. The van der Waals surface area contributed by atoms with Crippen LogP contribution in [0, 0.1) is 0 Å².